The molecule has 0 bridgehead atoms. The number of ether oxygens (including phenoxy) is 1. The first kappa shape index (κ1) is 12.9. The molecule has 1 aromatic rings. The Morgan fingerprint density at radius 1 is 1.21 bits per heavy atom. The Bertz CT molecular complexity index is 471. The quantitative estimate of drug-likeness (QED) is 0.907. The van der Waals surface area contributed by atoms with Gasteiger partial charge in [-0.1, -0.05) is 12.8 Å². The van der Waals surface area contributed by atoms with Crippen molar-refractivity contribution in [2.75, 3.05) is 7.05 Å². The van der Waals surface area contributed by atoms with Gasteiger partial charge in [0, 0.05) is 23.9 Å². The van der Waals surface area contributed by atoms with E-state index in [2.05, 4.69) is 5.32 Å². The van der Waals surface area contributed by atoms with Gasteiger partial charge in [-0.15, -0.1) is 0 Å². The summed E-state index contributed by atoms with van der Waals surface area (Å²) in [5.41, 5.74) is 0.194. The van der Waals surface area contributed by atoms with E-state index < -0.39 is 11.6 Å². The van der Waals surface area contributed by atoms with Crippen LogP contribution in [0.2, 0.25) is 0 Å². The van der Waals surface area contributed by atoms with E-state index in [1.807, 2.05) is 7.05 Å². The summed E-state index contributed by atoms with van der Waals surface area (Å²) in [5, 5.41) is 3.36. The Hall–Kier alpha value is -1.16. The van der Waals surface area contributed by atoms with Gasteiger partial charge in [0.05, 0.1) is 0 Å². The highest BCUT2D eigenvalue weighted by Gasteiger charge is 2.57. The molecule has 2 fully saturated rings. The fourth-order valence-electron chi connectivity index (χ4n) is 3.74. The highest BCUT2D eigenvalue weighted by molar-refractivity contribution is 5.25. The smallest absolute Gasteiger partial charge is 0.162 e. The zero-order valence-corrected chi connectivity index (χ0v) is 11.1. The largest absolute Gasteiger partial charge is 0.490 e. The number of hydrogen-bond donors (Lipinski definition) is 1. The zero-order chi connectivity index (χ0) is 13.5. The van der Waals surface area contributed by atoms with Gasteiger partial charge in [0.2, 0.25) is 0 Å². The van der Waals surface area contributed by atoms with E-state index in [0.29, 0.717) is 11.8 Å². The maximum atomic E-state index is 13.2. The molecule has 0 heterocycles. The molecule has 1 spiro atoms. The first-order chi connectivity index (χ1) is 9.15. The summed E-state index contributed by atoms with van der Waals surface area (Å²) < 4.78 is 32.0. The van der Waals surface area contributed by atoms with Gasteiger partial charge in [-0.3, -0.25) is 0 Å². The summed E-state index contributed by atoms with van der Waals surface area (Å²) in [6, 6.07) is 4.27. The zero-order valence-electron chi connectivity index (χ0n) is 11.1. The summed E-state index contributed by atoms with van der Waals surface area (Å²) >= 11 is 0. The third-order valence-corrected chi connectivity index (χ3v) is 4.84. The lowest BCUT2D eigenvalue weighted by Crippen LogP contribution is -2.63. The average molecular weight is 267 g/mol. The van der Waals surface area contributed by atoms with Gasteiger partial charge in [0.1, 0.15) is 11.9 Å². The van der Waals surface area contributed by atoms with Crippen molar-refractivity contribution in [2.24, 2.45) is 5.41 Å². The second-order valence-electron chi connectivity index (χ2n) is 5.70. The monoisotopic (exact) mass is 267 g/mol. The number of hydrogen-bond acceptors (Lipinski definition) is 2. The van der Waals surface area contributed by atoms with Crippen molar-refractivity contribution in [3.63, 3.8) is 0 Å². The molecule has 0 aliphatic heterocycles. The molecule has 2 nitrogen and oxygen atoms in total. The van der Waals surface area contributed by atoms with Crippen LogP contribution < -0.4 is 10.1 Å². The lowest BCUT2D eigenvalue weighted by atomic mass is 9.60. The Morgan fingerprint density at radius 3 is 2.58 bits per heavy atom. The van der Waals surface area contributed by atoms with Crippen molar-refractivity contribution in [1.29, 1.82) is 0 Å². The second kappa shape index (κ2) is 4.75. The molecule has 104 valence electrons. The van der Waals surface area contributed by atoms with Crippen molar-refractivity contribution >= 4 is 0 Å². The number of halogens is 2. The molecule has 19 heavy (non-hydrogen) atoms. The van der Waals surface area contributed by atoms with Crippen LogP contribution in [0.3, 0.4) is 0 Å². The molecule has 2 saturated carbocycles. The predicted octanol–water partition coefficient (Wildman–Crippen LogP) is 3.26. The molecule has 4 heteroatoms. The molecule has 0 radical (unpaired) electrons. The van der Waals surface area contributed by atoms with E-state index in [1.165, 1.54) is 18.9 Å². The van der Waals surface area contributed by atoms with E-state index in [9.17, 15) is 8.78 Å². The standard InChI is InChI=1S/C15H19F2NO/c1-18-13-9-14(15(13)6-2-3-7-15)19-10-4-5-11(16)12(17)8-10/h4-5,8,13-14,18H,2-3,6-7,9H2,1H3. The van der Waals surface area contributed by atoms with E-state index in [1.54, 1.807) is 0 Å². The third-order valence-electron chi connectivity index (χ3n) is 4.84. The molecule has 2 unspecified atom stereocenters. The molecule has 3 rings (SSSR count). The van der Waals surface area contributed by atoms with Crippen LogP contribution in [0.15, 0.2) is 18.2 Å². The highest BCUT2D eigenvalue weighted by Crippen LogP contribution is 2.54. The fraction of sp³-hybridized carbons (Fsp3) is 0.600. The van der Waals surface area contributed by atoms with Gasteiger partial charge >= 0.3 is 0 Å². The van der Waals surface area contributed by atoms with Crippen LogP contribution in [0.4, 0.5) is 8.78 Å². The van der Waals surface area contributed by atoms with Gasteiger partial charge in [-0.2, -0.15) is 0 Å². The van der Waals surface area contributed by atoms with E-state index in [0.717, 1.165) is 31.4 Å². The van der Waals surface area contributed by atoms with Gasteiger partial charge in [0.25, 0.3) is 0 Å². The fourth-order valence-corrected chi connectivity index (χ4v) is 3.74. The molecule has 0 aromatic heterocycles. The van der Waals surface area contributed by atoms with Crippen LogP contribution >= 0.6 is 0 Å². The summed E-state index contributed by atoms with van der Waals surface area (Å²) in [5.74, 6) is -1.24. The maximum absolute atomic E-state index is 13.2. The minimum absolute atomic E-state index is 0.123. The lowest BCUT2D eigenvalue weighted by Gasteiger charge is -2.53. The number of rotatable bonds is 3. The number of nitrogens with one attached hydrogen (secondary N) is 1. The molecule has 1 N–H and O–H groups in total. The second-order valence-corrected chi connectivity index (χ2v) is 5.70. The van der Waals surface area contributed by atoms with Crippen LogP contribution in [0.1, 0.15) is 32.1 Å². The number of benzene rings is 1. The van der Waals surface area contributed by atoms with E-state index >= 15 is 0 Å². The summed E-state index contributed by atoms with van der Waals surface area (Å²) in [4.78, 5) is 0. The molecule has 0 saturated heterocycles. The van der Waals surface area contributed by atoms with Crippen LogP contribution in [0, 0.1) is 17.0 Å². The van der Waals surface area contributed by atoms with Crippen LogP contribution in [-0.2, 0) is 0 Å². The molecule has 0 amide bonds. The van der Waals surface area contributed by atoms with E-state index in [-0.39, 0.29) is 11.5 Å². The van der Waals surface area contributed by atoms with Crippen molar-refractivity contribution < 1.29 is 13.5 Å². The van der Waals surface area contributed by atoms with Crippen molar-refractivity contribution in [3.8, 4) is 5.75 Å². The first-order valence-corrected chi connectivity index (χ1v) is 6.95. The molecule has 2 aliphatic rings. The molecule has 2 atom stereocenters. The Labute approximate surface area is 112 Å². The topological polar surface area (TPSA) is 21.3 Å². The molecule has 2 aliphatic carbocycles. The van der Waals surface area contributed by atoms with E-state index in [4.69, 9.17) is 4.74 Å². The SMILES string of the molecule is CNC1CC(Oc2ccc(F)c(F)c2)C12CCCC2. The normalized spacial score (nSPS) is 28.4. The van der Waals surface area contributed by atoms with Gasteiger partial charge < -0.3 is 10.1 Å². The Balaban J connectivity index is 1.75. The predicted molar refractivity (Wildman–Crippen MR) is 69.1 cm³/mol. The average Bonchev–Trinajstić information content (AvgIpc) is 2.90. The maximum Gasteiger partial charge on any atom is 0.162 e. The minimum Gasteiger partial charge on any atom is -0.490 e. The molecule has 1 aromatic carbocycles. The van der Waals surface area contributed by atoms with Crippen LogP contribution in [-0.4, -0.2) is 19.2 Å². The summed E-state index contributed by atoms with van der Waals surface area (Å²) in [6.45, 7) is 0. The molecular weight excluding hydrogens is 248 g/mol. The first-order valence-electron chi connectivity index (χ1n) is 6.95. The van der Waals surface area contributed by atoms with Crippen molar-refractivity contribution in [2.45, 2.75) is 44.2 Å². The van der Waals surface area contributed by atoms with Crippen molar-refractivity contribution in [3.05, 3.63) is 29.8 Å². The van der Waals surface area contributed by atoms with Gasteiger partial charge in [-0.25, -0.2) is 8.78 Å². The minimum atomic E-state index is -0.845. The third kappa shape index (κ3) is 2.02. The summed E-state index contributed by atoms with van der Waals surface area (Å²) in [7, 11) is 1.98. The Morgan fingerprint density at radius 2 is 1.95 bits per heavy atom. The lowest BCUT2D eigenvalue weighted by molar-refractivity contribution is -0.0737. The van der Waals surface area contributed by atoms with Crippen molar-refractivity contribution in [1.82, 2.24) is 5.32 Å². The molecular formula is C15H19F2NO. The van der Waals surface area contributed by atoms with Gasteiger partial charge in [0.15, 0.2) is 11.6 Å². The van der Waals surface area contributed by atoms with Crippen LogP contribution in [0.5, 0.6) is 5.75 Å². The van der Waals surface area contributed by atoms with Crippen LogP contribution in [0.25, 0.3) is 0 Å². The highest BCUT2D eigenvalue weighted by atomic mass is 19.2. The van der Waals surface area contributed by atoms with Gasteiger partial charge in [-0.05, 0) is 32.0 Å². The summed E-state index contributed by atoms with van der Waals surface area (Å²) in [6.07, 6.45) is 5.85. The Kier molecular flexibility index (Phi) is 3.21.